The zero-order valence-corrected chi connectivity index (χ0v) is 11.8. The van der Waals surface area contributed by atoms with E-state index in [1.807, 2.05) is 0 Å². The van der Waals surface area contributed by atoms with Gasteiger partial charge in [-0.05, 0) is 37.0 Å². The van der Waals surface area contributed by atoms with Gasteiger partial charge in [0.05, 0.1) is 16.8 Å². The normalized spacial score (nSPS) is 17.6. The van der Waals surface area contributed by atoms with Gasteiger partial charge in [0.2, 0.25) is 15.0 Å². The van der Waals surface area contributed by atoms with Gasteiger partial charge in [0, 0.05) is 18.9 Å². The SMILES string of the molecule is Nc1ccc2nc(S(=O)(=O)CC3CCOCC3)[nH]c2c1. The number of benzene rings is 1. The van der Waals surface area contributed by atoms with Crippen LogP contribution in [0.3, 0.4) is 0 Å². The molecule has 0 bridgehead atoms. The number of aromatic amines is 1. The van der Waals surface area contributed by atoms with Crippen LogP contribution in [0.1, 0.15) is 12.8 Å². The van der Waals surface area contributed by atoms with Gasteiger partial charge in [-0.25, -0.2) is 13.4 Å². The fourth-order valence-electron chi connectivity index (χ4n) is 2.45. The zero-order valence-electron chi connectivity index (χ0n) is 11.0. The maximum atomic E-state index is 12.4. The molecule has 20 heavy (non-hydrogen) atoms. The number of nitrogens with one attached hydrogen (secondary N) is 1. The lowest BCUT2D eigenvalue weighted by molar-refractivity contribution is 0.0723. The number of H-pyrrole nitrogens is 1. The van der Waals surface area contributed by atoms with Crippen LogP contribution in [0.25, 0.3) is 11.0 Å². The Balaban J connectivity index is 1.88. The molecule has 0 atom stereocenters. The van der Waals surface area contributed by atoms with Crippen molar-refractivity contribution in [3.05, 3.63) is 18.2 Å². The predicted octanol–water partition coefficient (Wildman–Crippen LogP) is 1.35. The molecule has 6 nitrogen and oxygen atoms in total. The van der Waals surface area contributed by atoms with Crippen molar-refractivity contribution in [3.8, 4) is 0 Å². The summed E-state index contributed by atoms with van der Waals surface area (Å²) in [6.07, 6.45) is 1.57. The lowest BCUT2D eigenvalue weighted by atomic mass is 10.0. The van der Waals surface area contributed by atoms with Crippen molar-refractivity contribution in [1.82, 2.24) is 9.97 Å². The third kappa shape index (κ3) is 2.64. The first-order valence-electron chi connectivity index (χ1n) is 6.60. The molecule has 2 aromatic rings. The minimum absolute atomic E-state index is 0.0320. The van der Waals surface area contributed by atoms with E-state index in [1.54, 1.807) is 18.2 Å². The number of anilines is 1. The van der Waals surface area contributed by atoms with Crippen LogP contribution < -0.4 is 5.73 Å². The standard InChI is InChI=1S/C13H17N3O3S/c14-10-1-2-11-12(7-10)16-13(15-11)20(17,18)8-9-3-5-19-6-4-9/h1-2,7,9H,3-6,8,14H2,(H,15,16). The van der Waals surface area contributed by atoms with E-state index >= 15 is 0 Å². The highest BCUT2D eigenvalue weighted by Gasteiger charge is 2.25. The minimum atomic E-state index is -3.40. The van der Waals surface area contributed by atoms with Crippen molar-refractivity contribution in [2.45, 2.75) is 18.0 Å². The maximum Gasteiger partial charge on any atom is 0.226 e. The van der Waals surface area contributed by atoms with Crippen LogP contribution >= 0.6 is 0 Å². The van der Waals surface area contributed by atoms with Crippen LogP contribution in [-0.2, 0) is 14.6 Å². The van der Waals surface area contributed by atoms with E-state index in [4.69, 9.17) is 10.5 Å². The number of aromatic nitrogens is 2. The number of hydrogen-bond acceptors (Lipinski definition) is 5. The van der Waals surface area contributed by atoms with Gasteiger partial charge in [-0.15, -0.1) is 0 Å². The summed E-state index contributed by atoms with van der Waals surface area (Å²) < 4.78 is 30.0. The molecule has 7 heteroatoms. The van der Waals surface area contributed by atoms with Crippen molar-refractivity contribution in [1.29, 1.82) is 0 Å². The van der Waals surface area contributed by atoms with E-state index < -0.39 is 9.84 Å². The Hall–Kier alpha value is -1.60. The Morgan fingerprint density at radius 3 is 2.85 bits per heavy atom. The second-order valence-electron chi connectivity index (χ2n) is 5.16. The highest BCUT2D eigenvalue weighted by atomic mass is 32.2. The first kappa shape index (κ1) is 13.4. The summed E-state index contributed by atoms with van der Waals surface area (Å²) in [5.74, 6) is 0.262. The van der Waals surface area contributed by atoms with Crippen molar-refractivity contribution in [2.24, 2.45) is 5.92 Å². The molecule has 108 valence electrons. The minimum Gasteiger partial charge on any atom is -0.399 e. The number of nitrogen functional groups attached to an aromatic ring is 1. The summed E-state index contributed by atoms with van der Waals surface area (Å²) in [7, 11) is -3.40. The van der Waals surface area contributed by atoms with Crippen LogP contribution in [0.2, 0.25) is 0 Å². The van der Waals surface area contributed by atoms with Gasteiger partial charge in [0.15, 0.2) is 0 Å². The van der Waals surface area contributed by atoms with Gasteiger partial charge in [0.25, 0.3) is 0 Å². The first-order chi connectivity index (χ1) is 9.54. The van der Waals surface area contributed by atoms with E-state index in [0.29, 0.717) is 29.9 Å². The fraction of sp³-hybridized carbons (Fsp3) is 0.462. The van der Waals surface area contributed by atoms with Crippen LogP contribution in [0, 0.1) is 5.92 Å². The molecule has 0 saturated carbocycles. The third-order valence-electron chi connectivity index (χ3n) is 3.57. The number of hydrogen-bond donors (Lipinski definition) is 2. The molecule has 0 aliphatic carbocycles. The molecule has 1 aromatic carbocycles. The number of fused-ring (bicyclic) bond motifs is 1. The molecule has 0 spiro atoms. The quantitative estimate of drug-likeness (QED) is 0.833. The molecule has 0 unspecified atom stereocenters. The van der Waals surface area contributed by atoms with Crippen molar-refractivity contribution in [2.75, 3.05) is 24.7 Å². The van der Waals surface area contributed by atoms with E-state index in [-0.39, 0.29) is 16.8 Å². The summed E-state index contributed by atoms with van der Waals surface area (Å²) in [6, 6.07) is 5.11. The van der Waals surface area contributed by atoms with Crippen molar-refractivity contribution in [3.63, 3.8) is 0 Å². The number of ether oxygens (including phenoxy) is 1. The van der Waals surface area contributed by atoms with Crippen LogP contribution in [0.4, 0.5) is 5.69 Å². The summed E-state index contributed by atoms with van der Waals surface area (Å²) in [4.78, 5) is 7.02. The van der Waals surface area contributed by atoms with Crippen LogP contribution in [-0.4, -0.2) is 37.4 Å². The Bertz CT molecular complexity index is 718. The molecule has 3 N–H and O–H groups in total. The number of sulfone groups is 1. The molecule has 3 rings (SSSR count). The molecule has 1 aromatic heterocycles. The summed E-state index contributed by atoms with van der Waals surface area (Å²) in [6.45, 7) is 1.27. The Kier molecular flexibility index (Phi) is 3.39. The zero-order chi connectivity index (χ0) is 14.2. The first-order valence-corrected chi connectivity index (χ1v) is 8.25. The third-order valence-corrected chi connectivity index (χ3v) is 5.27. The van der Waals surface area contributed by atoms with Gasteiger partial charge >= 0.3 is 0 Å². The summed E-state index contributed by atoms with van der Waals surface area (Å²) in [5, 5.41) is 0.0320. The summed E-state index contributed by atoms with van der Waals surface area (Å²) >= 11 is 0. The van der Waals surface area contributed by atoms with Gasteiger partial charge in [-0.1, -0.05) is 0 Å². The number of rotatable bonds is 3. The number of imidazole rings is 1. The highest BCUT2D eigenvalue weighted by Crippen LogP contribution is 2.22. The Morgan fingerprint density at radius 2 is 2.10 bits per heavy atom. The predicted molar refractivity (Wildman–Crippen MR) is 76.1 cm³/mol. The average Bonchev–Trinajstić information content (AvgIpc) is 2.83. The van der Waals surface area contributed by atoms with E-state index in [9.17, 15) is 8.42 Å². The molecule has 1 aliphatic rings. The molecular weight excluding hydrogens is 278 g/mol. The molecule has 1 fully saturated rings. The molecular formula is C13H17N3O3S. The highest BCUT2D eigenvalue weighted by molar-refractivity contribution is 7.91. The van der Waals surface area contributed by atoms with E-state index in [1.165, 1.54) is 0 Å². The van der Waals surface area contributed by atoms with Gasteiger partial charge in [-0.2, -0.15) is 0 Å². The smallest absolute Gasteiger partial charge is 0.226 e. The second kappa shape index (κ2) is 5.06. The largest absolute Gasteiger partial charge is 0.399 e. The van der Waals surface area contributed by atoms with Gasteiger partial charge in [-0.3, -0.25) is 0 Å². The lowest BCUT2D eigenvalue weighted by Crippen LogP contribution is -2.24. The topological polar surface area (TPSA) is 98.1 Å². The van der Waals surface area contributed by atoms with E-state index in [2.05, 4.69) is 9.97 Å². The summed E-state index contributed by atoms with van der Waals surface area (Å²) in [5.41, 5.74) is 7.52. The average molecular weight is 295 g/mol. The lowest BCUT2D eigenvalue weighted by Gasteiger charge is -2.21. The van der Waals surface area contributed by atoms with E-state index in [0.717, 1.165) is 12.8 Å². The van der Waals surface area contributed by atoms with Crippen molar-refractivity contribution < 1.29 is 13.2 Å². The Morgan fingerprint density at radius 1 is 1.35 bits per heavy atom. The maximum absolute atomic E-state index is 12.4. The van der Waals surface area contributed by atoms with Crippen LogP contribution in [0.15, 0.2) is 23.4 Å². The molecule has 0 radical (unpaired) electrons. The Labute approximate surface area is 117 Å². The second-order valence-corrected chi connectivity index (χ2v) is 7.11. The van der Waals surface area contributed by atoms with Crippen LogP contribution in [0.5, 0.6) is 0 Å². The van der Waals surface area contributed by atoms with Gasteiger partial charge in [0.1, 0.15) is 0 Å². The fourth-order valence-corrected chi connectivity index (χ4v) is 4.07. The van der Waals surface area contributed by atoms with Gasteiger partial charge < -0.3 is 15.5 Å². The molecule has 1 saturated heterocycles. The molecule has 0 amide bonds. The monoisotopic (exact) mass is 295 g/mol. The van der Waals surface area contributed by atoms with Crippen molar-refractivity contribution >= 4 is 26.6 Å². The number of nitrogens with two attached hydrogens (primary N) is 1. The molecule has 1 aliphatic heterocycles. The number of nitrogens with zero attached hydrogens (tertiary/aromatic N) is 1. The molecule has 2 heterocycles.